The van der Waals surface area contributed by atoms with Gasteiger partial charge in [-0.3, -0.25) is 13.8 Å². The SMILES string of the molecule is CC/C=C\C/C=C\C/C=C\C/C=C\CCCCCOCC(COP(=O)(O)OCCN)OC(=O)CCCCCCC/C=C\CCCC. The normalized spacial score (nSPS) is 14.4. The Kier molecular flexibility index (Phi) is 33.2. The largest absolute Gasteiger partial charge is 0.472 e. The fourth-order valence-electron chi connectivity index (χ4n) is 4.32. The van der Waals surface area contributed by atoms with Crippen molar-refractivity contribution < 1.29 is 32.8 Å². The summed E-state index contributed by atoms with van der Waals surface area (Å²) in [6.45, 7) is 4.64. The van der Waals surface area contributed by atoms with Crippen molar-refractivity contribution in [2.45, 2.75) is 136 Å². The third-order valence-electron chi connectivity index (χ3n) is 6.92. The zero-order chi connectivity index (χ0) is 33.8. The molecule has 0 aliphatic heterocycles. The van der Waals surface area contributed by atoms with Crippen molar-refractivity contribution in [3.8, 4) is 0 Å². The molecule has 0 aromatic heterocycles. The summed E-state index contributed by atoms with van der Waals surface area (Å²) in [7, 11) is -4.28. The predicted octanol–water partition coefficient (Wildman–Crippen LogP) is 9.85. The molecule has 0 aliphatic rings. The molecular weight excluding hydrogens is 601 g/mol. The first kappa shape index (κ1) is 44.2. The van der Waals surface area contributed by atoms with Crippen LogP contribution in [0.1, 0.15) is 129 Å². The summed E-state index contributed by atoms with van der Waals surface area (Å²) in [5, 5.41) is 0. The lowest BCUT2D eigenvalue weighted by molar-refractivity contribution is -0.154. The molecule has 0 aromatic rings. The molecule has 266 valence electrons. The van der Waals surface area contributed by atoms with Crippen molar-refractivity contribution in [1.82, 2.24) is 0 Å². The summed E-state index contributed by atoms with van der Waals surface area (Å²) >= 11 is 0. The third kappa shape index (κ3) is 33.6. The number of ether oxygens (including phenoxy) is 2. The van der Waals surface area contributed by atoms with Crippen LogP contribution in [-0.4, -0.2) is 49.9 Å². The Hall–Kier alpha value is -1.80. The van der Waals surface area contributed by atoms with Gasteiger partial charge in [0.25, 0.3) is 0 Å². The van der Waals surface area contributed by atoms with Crippen LogP contribution in [-0.2, 0) is 27.9 Å². The molecule has 0 radical (unpaired) electrons. The molecule has 0 bridgehead atoms. The second-order valence-corrected chi connectivity index (χ2v) is 12.8. The van der Waals surface area contributed by atoms with Gasteiger partial charge in [0, 0.05) is 19.6 Å². The number of carbonyl (C=O) groups is 1. The summed E-state index contributed by atoms with van der Waals surface area (Å²) in [5.74, 6) is -0.357. The van der Waals surface area contributed by atoms with Crippen LogP contribution < -0.4 is 5.73 Å². The maximum atomic E-state index is 12.5. The molecular formula is C37H66NO7P. The molecule has 0 rings (SSSR count). The van der Waals surface area contributed by atoms with Gasteiger partial charge in [-0.1, -0.05) is 113 Å². The van der Waals surface area contributed by atoms with E-state index in [0.717, 1.165) is 83.5 Å². The number of phosphoric acid groups is 1. The van der Waals surface area contributed by atoms with Gasteiger partial charge in [-0.05, 0) is 70.6 Å². The number of unbranched alkanes of at least 4 members (excludes halogenated alkanes) is 10. The molecule has 0 heterocycles. The van der Waals surface area contributed by atoms with Gasteiger partial charge >= 0.3 is 13.8 Å². The summed E-state index contributed by atoms with van der Waals surface area (Å²) in [6, 6.07) is 0. The average molecular weight is 668 g/mol. The van der Waals surface area contributed by atoms with Gasteiger partial charge in [0.05, 0.1) is 19.8 Å². The number of esters is 1. The molecule has 0 saturated heterocycles. The monoisotopic (exact) mass is 667 g/mol. The van der Waals surface area contributed by atoms with E-state index in [1.807, 2.05) is 0 Å². The maximum absolute atomic E-state index is 12.5. The number of nitrogens with two attached hydrogens (primary N) is 1. The van der Waals surface area contributed by atoms with E-state index < -0.39 is 13.9 Å². The van der Waals surface area contributed by atoms with Crippen molar-refractivity contribution in [1.29, 1.82) is 0 Å². The Balaban J connectivity index is 4.21. The Morgan fingerprint density at radius 2 is 1.22 bits per heavy atom. The standard InChI is InChI=1S/C37H66NO7P/c1-3-5-7-9-11-13-15-16-17-18-19-21-23-25-27-29-32-42-34-36(35-44-46(40,41)43-33-31-38)45-37(39)30-28-26-24-22-20-14-12-10-8-6-4-2/h5,7,10-13,16-17,19,21,36H,3-4,6,8-9,14-15,18,20,22-35,38H2,1-2H3,(H,40,41)/b7-5-,12-10-,13-11-,17-16-,21-19-. The summed E-state index contributed by atoms with van der Waals surface area (Å²) in [4.78, 5) is 22.3. The van der Waals surface area contributed by atoms with E-state index in [-0.39, 0.29) is 32.3 Å². The number of carbonyl (C=O) groups excluding carboxylic acids is 1. The smallest absolute Gasteiger partial charge is 0.457 e. The van der Waals surface area contributed by atoms with E-state index in [4.69, 9.17) is 24.3 Å². The predicted molar refractivity (Wildman–Crippen MR) is 192 cm³/mol. The van der Waals surface area contributed by atoms with Crippen molar-refractivity contribution in [2.75, 3.05) is 33.0 Å². The third-order valence-corrected chi connectivity index (χ3v) is 7.90. The quantitative estimate of drug-likeness (QED) is 0.0307. The fraction of sp³-hybridized carbons (Fsp3) is 0.703. The highest BCUT2D eigenvalue weighted by Crippen LogP contribution is 2.43. The molecule has 0 saturated carbocycles. The van der Waals surface area contributed by atoms with Gasteiger partial charge in [0.2, 0.25) is 0 Å². The molecule has 8 nitrogen and oxygen atoms in total. The minimum absolute atomic E-state index is 0.0886. The molecule has 0 spiro atoms. The van der Waals surface area contributed by atoms with Crippen molar-refractivity contribution >= 4 is 13.8 Å². The molecule has 2 atom stereocenters. The van der Waals surface area contributed by atoms with Gasteiger partial charge in [-0.25, -0.2) is 4.57 Å². The summed E-state index contributed by atoms with van der Waals surface area (Å²) in [6.07, 6.45) is 39.5. The molecule has 0 amide bonds. The Labute approximate surface area is 281 Å². The molecule has 9 heteroatoms. The fourth-order valence-corrected chi connectivity index (χ4v) is 5.08. The topological polar surface area (TPSA) is 117 Å². The maximum Gasteiger partial charge on any atom is 0.472 e. The second kappa shape index (κ2) is 34.5. The van der Waals surface area contributed by atoms with Crippen molar-refractivity contribution in [2.24, 2.45) is 5.73 Å². The minimum atomic E-state index is -4.28. The van der Waals surface area contributed by atoms with E-state index in [1.165, 1.54) is 25.7 Å². The number of phosphoric ester groups is 1. The Bertz CT molecular complexity index is 885. The van der Waals surface area contributed by atoms with Gasteiger partial charge in [-0.15, -0.1) is 0 Å². The van der Waals surface area contributed by atoms with Crippen LogP contribution in [0, 0.1) is 0 Å². The lowest BCUT2D eigenvalue weighted by Gasteiger charge is -2.20. The Morgan fingerprint density at radius 1 is 0.674 bits per heavy atom. The first-order valence-electron chi connectivity index (χ1n) is 17.8. The molecule has 46 heavy (non-hydrogen) atoms. The van der Waals surface area contributed by atoms with E-state index in [1.54, 1.807) is 0 Å². The molecule has 3 N–H and O–H groups in total. The number of rotatable bonds is 33. The van der Waals surface area contributed by atoms with Crippen LogP contribution in [0.15, 0.2) is 60.8 Å². The second-order valence-electron chi connectivity index (χ2n) is 11.3. The molecule has 0 aliphatic carbocycles. The van der Waals surface area contributed by atoms with E-state index in [9.17, 15) is 14.3 Å². The number of allylic oxidation sites excluding steroid dienone is 10. The number of hydrogen-bond acceptors (Lipinski definition) is 7. The summed E-state index contributed by atoms with van der Waals surface area (Å²) in [5.41, 5.74) is 5.34. The van der Waals surface area contributed by atoms with Crippen molar-refractivity contribution in [3.63, 3.8) is 0 Å². The van der Waals surface area contributed by atoms with E-state index >= 15 is 0 Å². The van der Waals surface area contributed by atoms with E-state index in [2.05, 4.69) is 74.6 Å². The van der Waals surface area contributed by atoms with E-state index in [0.29, 0.717) is 13.0 Å². The lowest BCUT2D eigenvalue weighted by Crippen LogP contribution is -2.28. The Morgan fingerprint density at radius 3 is 1.85 bits per heavy atom. The molecule has 0 aromatic carbocycles. The highest BCUT2D eigenvalue weighted by atomic mass is 31.2. The van der Waals surface area contributed by atoms with Gasteiger partial charge in [0.1, 0.15) is 6.10 Å². The highest BCUT2D eigenvalue weighted by molar-refractivity contribution is 7.47. The van der Waals surface area contributed by atoms with Crippen LogP contribution in [0.5, 0.6) is 0 Å². The first-order valence-corrected chi connectivity index (χ1v) is 19.3. The first-order chi connectivity index (χ1) is 22.4. The van der Waals surface area contributed by atoms with Crippen LogP contribution in [0.25, 0.3) is 0 Å². The lowest BCUT2D eigenvalue weighted by atomic mass is 10.1. The van der Waals surface area contributed by atoms with Gasteiger partial charge in [0.15, 0.2) is 0 Å². The van der Waals surface area contributed by atoms with Gasteiger partial charge < -0.3 is 20.1 Å². The van der Waals surface area contributed by atoms with Crippen molar-refractivity contribution in [3.05, 3.63) is 60.8 Å². The molecule has 2 unspecified atom stereocenters. The van der Waals surface area contributed by atoms with Crippen LogP contribution in [0.3, 0.4) is 0 Å². The van der Waals surface area contributed by atoms with Gasteiger partial charge in [-0.2, -0.15) is 0 Å². The average Bonchev–Trinajstić information content (AvgIpc) is 3.04. The summed E-state index contributed by atoms with van der Waals surface area (Å²) < 4.78 is 33.2. The number of hydrogen-bond donors (Lipinski definition) is 2. The highest BCUT2D eigenvalue weighted by Gasteiger charge is 2.25. The zero-order valence-corrected chi connectivity index (χ0v) is 29.9. The minimum Gasteiger partial charge on any atom is -0.457 e. The van der Waals surface area contributed by atoms with Crippen LogP contribution in [0.4, 0.5) is 0 Å². The zero-order valence-electron chi connectivity index (χ0n) is 29.0. The molecule has 0 fully saturated rings. The van der Waals surface area contributed by atoms with Crippen LogP contribution in [0.2, 0.25) is 0 Å². The van der Waals surface area contributed by atoms with Crippen LogP contribution >= 0.6 is 7.82 Å².